The van der Waals surface area contributed by atoms with E-state index in [9.17, 15) is 0 Å². The molecule has 2 heteroatoms. The van der Waals surface area contributed by atoms with Gasteiger partial charge in [-0.25, -0.2) is 0 Å². The van der Waals surface area contributed by atoms with Gasteiger partial charge in [0.1, 0.15) is 11.3 Å². The van der Waals surface area contributed by atoms with E-state index in [0.717, 1.165) is 22.6 Å². The van der Waals surface area contributed by atoms with Crippen molar-refractivity contribution in [2.45, 2.75) is 12.3 Å². The number of hydrogen-bond acceptors (Lipinski definition) is 1. The Labute approximate surface area is 91.2 Å². The molecule has 0 saturated heterocycles. The van der Waals surface area contributed by atoms with E-state index < -0.39 is 0 Å². The molecule has 0 amide bonds. The van der Waals surface area contributed by atoms with Crippen molar-refractivity contribution in [3.63, 3.8) is 0 Å². The zero-order chi connectivity index (χ0) is 9.54. The molecule has 3 rings (SSSR count). The third-order valence-corrected chi connectivity index (χ3v) is 3.76. The Morgan fingerprint density at radius 3 is 2.93 bits per heavy atom. The topological polar surface area (TPSA) is 13.1 Å². The second-order valence-corrected chi connectivity index (χ2v) is 4.59. The lowest BCUT2D eigenvalue weighted by Crippen LogP contribution is -1.79. The second kappa shape index (κ2) is 3.13. The van der Waals surface area contributed by atoms with Crippen LogP contribution >= 0.6 is 15.9 Å². The van der Waals surface area contributed by atoms with Gasteiger partial charge >= 0.3 is 0 Å². The van der Waals surface area contributed by atoms with Gasteiger partial charge in [-0.05, 0) is 24.5 Å². The number of para-hydroxylation sites is 1. The molecule has 2 unspecified atom stereocenters. The summed E-state index contributed by atoms with van der Waals surface area (Å²) in [5.74, 6) is 2.60. The molecular weight excluding hydrogens is 240 g/mol. The maximum atomic E-state index is 5.80. The minimum absolute atomic E-state index is 0.654. The number of furan rings is 1. The Morgan fingerprint density at radius 1 is 1.36 bits per heavy atom. The third kappa shape index (κ3) is 1.29. The van der Waals surface area contributed by atoms with Crippen LogP contribution in [0.2, 0.25) is 0 Å². The lowest BCUT2D eigenvalue weighted by molar-refractivity contribution is 0.545. The molecule has 1 nitrogen and oxygen atoms in total. The van der Waals surface area contributed by atoms with Crippen LogP contribution in [-0.4, -0.2) is 5.33 Å². The monoisotopic (exact) mass is 250 g/mol. The van der Waals surface area contributed by atoms with E-state index in [0.29, 0.717) is 5.92 Å². The fourth-order valence-electron chi connectivity index (χ4n) is 1.95. The molecule has 1 aliphatic carbocycles. The molecule has 1 fully saturated rings. The van der Waals surface area contributed by atoms with Crippen molar-refractivity contribution < 1.29 is 4.42 Å². The Kier molecular flexibility index (Phi) is 1.91. The number of alkyl halides is 1. The summed E-state index contributed by atoms with van der Waals surface area (Å²) in [5, 5.41) is 2.32. The highest BCUT2D eigenvalue weighted by atomic mass is 79.9. The summed E-state index contributed by atoms with van der Waals surface area (Å²) in [4.78, 5) is 0. The standard InChI is InChI=1S/C12H11BrO/c13-7-9-5-10(9)12-6-8-3-1-2-4-11(8)14-12/h1-4,6,9-10H,5,7H2. The maximum absolute atomic E-state index is 5.80. The van der Waals surface area contributed by atoms with Gasteiger partial charge in [-0.15, -0.1) is 0 Å². The van der Waals surface area contributed by atoms with Crippen LogP contribution in [-0.2, 0) is 0 Å². The number of hydrogen-bond donors (Lipinski definition) is 0. The molecule has 0 aliphatic heterocycles. The van der Waals surface area contributed by atoms with Crippen molar-refractivity contribution in [1.29, 1.82) is 0 Å². The van der Waals surface area contributed by atoms with Crippen LogP contribution in [0.25, 0.3) is 11.0 Å². The predicted octanol–water partition coefficient (Wildman–Crippen LogP) is 3.93. The molecule has 1 aromatic carbocycles. The van der Waals surface area contributed by atoms with Crippen LogP contribution in [0, 0.1) is 5.92 Å². The molecular formula is C12H11BrO. The average molecular weight is 251 g/mol. The minimum Gasteiger partial charge on any atom is -0.461 e. The highest BCUT2D eigenvalue weighted by Gasteiger charge is 2.39. The molecule has 1 aromatic heterocycles. The largest absolute Gasteiger partial charge is 0.461 e. The molecule has 2 atom stereocenters. The molecule has 0 radical (unpaired) electrons. The molecule has 1 aliphatic rings. The van der Waals surface area contributed by atoms with Gasteiger partial charge in [0.25, 0.3) is 0 Å². The third-order valence-electron chi connectivity index (χ3n) is 2.93. The first kappa shape index (κ1) is 8.54. The minimum atomic E-state index is 0.654. The first-order valence-corrected chi connectivity index (χ1v) is 6.05. The van der Waals surface area contributed by atoms with E-state index in [4.69, 9.17) is 4.42 Å². The number of benzene rings is 1. The van der Waals surface area contributed by atoms with Gasteiger partial charge in [-0.3, -0.25) is 0 Å². The van der Waals surface area contributed by atoms with Gasteiger partial charge in [0.05, 0.1) is 0 Å². The maximum Gasteiger partial charge on any atom is 0.134 e. The van der Waals surface area contributed by atoms with Crippen molar-refractivity contribution >= 4 is 26.9 Å². The Morgan fingerprint density at radius 2 is 2.21 bits per heavy atom. The van der Waals surface area contributed by atoms with Crippen molar-refractivity contribution in [3.8, 4) is 0 Å². The molecule has 0 spiro atoms. The van der Waals surface area contributed by atoms with Gasteiger partial charge in [0, 0.05) is 16.6 Å². The first-order valence-electron chi connectivity index (χ1n) is 4.93. The Bertz CT molecular complexity index is 427. The lowest BCUT2D eigenvalue weighted by Gasteiger charge is -1.89. The van der Waals surface area contributed by atoms with Gasteiger partial charge in [-0.1, -0.05) is 34.1 Å². The summed E-state index contributed by atoms with van der Waals surface area (Å²) in [6, 6.07) is 10.4. The first-order chi connectivity index (χ1) is 6.88. The van der Waals surface area contributed by atoms with Gasteiger partial charge < -0.3 is 4.42 Å². The molecule has 14 heavy (non-hydrogen) atoms. The number of rotatable bonds is 2. The summed E-state index contributed by atoms with van der Waals surface area (Å²) in [6.07, 6.45) is 1.27. The summed E-state index contributed by atoms with van der Waals surface area (Å²) in [7, 11) is 0. The SMILES string of the molecule is BrCC1CC1c1cc2ccccc2o1. The summed E-state index contributed by atoms with van der Waals surface area (Å²) >= 11 is 3.52. The summed E-state index contributed by atoms with van der Waals surface area (Å²) in [5.41, 5.74) is 1.02. The molecule has 2 aromatic rings. The lowest BCUT2D eigenvalue weighted by atomic mass is 10.2. The van der Waals surface area contributed by atoms with Crippen LogP contribution in [0.4, 0.5) is 0 Å². The molecule has 0 N–H and O–H groups in total. The summed E-state index contributed by atoms with van der Waals surface area (Å²) in [6.45, 7) is 0. The van der Waals surface area contributed by atoms with Crippen LogP contribution in [0.5, 0.6) is 0 Å². The molecule has 1 saturated carbocycles. The van der Waals surface area contributed by atoms with Gasteiger partial charge in [-0.2, -0.15) is 0 Å². The molecule has 0 bridgehead atoms. The van der Waals surface area contributed by atoms with E-state index in [1.807, 2.05) is 12.1 Å². The highest BCUT2D eigenvalue weighted by molar-refractivity contribution is 9.09. The smallest absolute Gasteiger partial charge is 0.134 e. The highest BCUT2D eigenvalue weighted by Crippen LogP contribution is 2.49. The van der Waals surface area contributed by atoms with E-state index >= 15 is 0 Å². The normalized spacial score (nSPS) is 25.5. The van der Waals surface area contributed by atoms with E-state index in [1.165, 1.54) is 11.8 Å². The molecule has 1 heterocycles. The van der Waals surface area contributed by atoms with Crippen molar-refractivity contribution in [2.75, 3.05) is 5.33 Å². The Balaban J connectivity index is 1.99. The quantitative estimate of drug-likeness (QED) is 0.737. The fourth-order valence-corrected chi connectivity index (χ4v) is 2.67. The van der Waals surface area contributed by atoms with Crippen molar-refractivity contribution in [3.05, 3.63) is 36.1 Å². The van der Waals surface area contributed by atoms with Crippen LogP contribution in [0.3, 0.4) is 0 Å². The zero-order valence-corrected chi connectivity index (χ0v) is 9.33. The van der Waals surface area contributed by atoms with Crippen molar-refractivity contribution in [1.82, 2.24) is 0 Å². The Hall–Kier alpha value is -0.760. The zero-order valence-electron chi connectivity index (χ0n) is 7.74. The van der Waals surface area contributed by atoms with Gasteiger partial charge in [0.15, 0.2) is 0 Å². The van der Waals surface area contributed by atoms with Crippen LogP contribution < -0.4 is 0 Å². The fraction of sp³-hybridized carbons (Fsp3) is 0.333. The molecule has 72 valence electrons. The summed E-state index contributed by atoms with van der Waals surface area (Å²) < 4.78 is 5.80. The average Bonchev–Trinajstić information content (AvgIpc) is 2.89. The van der Waals surface area contributed by atoms with E-state index in [2.05, 4.69) is 34.1 Å². The van der Waals surface area contributed by atoms with Crippen LogP contribution in [0.15, 0.2) is 34.7 Å². The predicted molar refractivity (Wildman–Crippen MR) is 60.9 cm³/mol. The van der Waals surface area contributed by atoms with E-state index in [-0.39, 0.29) is 0 Å². The van der Waals surface area contributed by atoms with E-state index in [1.54, 1.807) is 0 Å². The van der Waals surface area contributed by atoms with Gasteiger partial charge in [0.2, 0.25) is 0 Å². The van der Waals surface area contributed by atoms with Crippen molar-refractivity contribution in [2.24, 2.45) is 5.92 Å². The second-order valence-electron chi connectivity index (χ2n) is 3.94. The van der Waals surface area contributed by atoms with Crippen LogP contribution in [0.1, 0.15) is 18.1 Å². The number of halogens is 1. The number of fused-ring (bicyclic) bond motifs is 1.